The average molecular weight is 490 g/mol. The summed E-state index contributed by atoms with van der Waals surface area (Å²) in [5, 5.41) is 2.80. The smallest absolute Gasteiger partial charge is 0.261 e. The van der Waals surface area contributed by atoms with Crippen LogP contribution in [0.15, 0.2) is 76.2 Å². The largest absolute Gasteiger partial charge is 0.438 e. The van der Waals surface area contributed by atoms with E-state index in [0.717, 1.165) is 4.47 Å². The molecule has 3 rings (SSSR count). The number of benzene rings is 2. The van der Waals surface area contributed by atoms with Gasteiger partial charge in [-0.3, -0.25) is 9.52 Å². The Morgan fingerprint density at radius 1 is 1.07 bits per heavy atom. The quantitative estimate of drug-likeness (QED) is 0.506. The van der Waals surface area contributed by atoms with Crippen molar-refractivity contribution >= 4 is 37.5 Å². The highest BCUT2D eigenvalue weighted by atomic mass is 79.9. The van der Waals surface area contributed by atoms with E-state index in [1.165, 1.54) is 24.4 Å². The molecule has 9 heteroatoms. The Kier molecular flexibility index (Phi) is 6.73. The molecule has 0 aliphatic rings. The second-order valence-electron chi connectivity index (χ2n) is 6.67. The van der Waals surface area contributed by atoms with Crippen molar-refractivity contribution in [3.05, 3.63) is 76.9 Å². The van der Waals surface area contributed by atoms with E-state index in [0.29, 0.717) is 11.4 Å². The second-order valence-corrected chi connectivity index (χ2v) is 9.27. The first kappa shape index (κ1) is 21.8. The third-order valence-electron chi connectivity index (χ3n) is 3.86. The predicted octanol–water partition coefficient (Wildman–Crippen LogP) is 4.58. The van der Waals surface area contributed by atoms with Gasteiger partial charge < -0.3 is 10.1 Å². The minimum absolute atomic E-state index is 0.0399. The van der Waals surface area contributed by atoms with Gasteiger partial charge >= 0.3 is 0 Å². The topological polar surface area (TPSA) is 97.4 Å². The number of aromatic nitrogens is 1. The number of amides is 1. The normalized spacial score (nSPS) is 11.2. The molecular formula is C21H20BrN3O4S. The fourth-order valence-electron chi connectivity index (χ4n) is 2.55. The summed E-state index contributed by atoms with van der Waals surface area (Å²) in [7, 11) is -3.76. The fourth-order valence-corrected chi connectivity index (χ4v) is 3.86. The van der Waals surface area contributed by atoms with Crippen LogP contribution in [0.3, 0.4) is 0 Å². The summed E-state index contributed by atoms with van der Waals surface area (Å²) in [6.45, 7) is 3.71. The van der Waals surface area contributed by atoms with Crippen LogP contribution in [0, 0.1) is 0 Å². The summed E-state index contributed by atoms with van der Waals surface area (Å²) < 4.78 is 34.3. The van der Waals surface area contributed by atoms with E-state index in [9.17, 15) is 13.2 Å². The Bertz CT molecular complexity index is 1150. The van der Waals surface area contributed by atoms with Crippen LogP contribution < -0.4 is 14.8 Å². The van der Waals surface area contributed by atoms with Crippen LogP contribution in [0.2, 0.25) is 0 Å². The number of carbonyl (C=O) groups is 1. The molecule has 2 aromatic carbocycles. The molecule has 2 N–H and O–H groups in total. The molecule has 7 nitrogen and oxygen atoms in total. The molecular weight excluding hydrogens is 470 g/mol. The third kappa shape index (κ3) is 5.58. The van der Waals surface area contributed by atoms with Gasteiger partial charge in [-0.05, 0) is 62.4 Å². The lowest BCUT2D eigenvalue weighted by Crippen LogP contribution is -2.30. The van der Waals surface area contributed by atoms with Gasteiger partial charge in [0, 0.05) is 22.8 Å². The number of nitrogens with zero attached hydrogens (tertiary/aromatic N) is 1. The highest BCUT2D eigenvalue weighted by molar-refractivity contribution is 9.10. The van der Waals surface area contributed by atoms with Crippen LogP contribution in [0.25, 0.3) is 0 Å². The average Bonchev–Trinajstić information content (AvgIpc) is 2.68. The summed E-state index contributed by atoms with van der Waals surface area (Å²) in [4.78, 5) is 16.6. The molecule has 1 heterocycles. The van der Waals surface area contributed by atoms with Gasteiger partial charge in [-0.25, -0.2) is 13.4 Å². The van der Waals surface area contributed by atoms with Crippen molar-refractivity contribution < 1.29 is 17.9 Å². The maximum Gasteiger partial charge on any atom is 0.261 e. The number of pyridine rings is 1. The van der Waals surface area contributed by atoms with Crippen molar-refractivity contribution in [1.29, 1.82) is 0 Å². The number of rotatable bonds is 7. The van der Waals surface area contributed by atoms with Gasteiger partial charge in [0.1, 0.15) is 11.3 Å². The lowest BCUT2D eigenvalue weighted by molar-refractivity contribution is 0.0940. The predicted molar refractivity (Wildman–Crippen MR) is 118 cm³/mol. The van der Waals surface area contributed by atoms with Gasteiger partial charge in [-0.2, -0.15) is 0 Å². The van der Waals surface area contributed by atoms with Crippen molar-refractivity contribution in [2.75, 3.05) is 4.72 Å². The number of hydrogen-bond donors (Lipinski definition) is 2. The van der Waals surface area contributed by atoms with Crippen LogP contribution in [0.4, 0.5) is 5.69 Å². The molecule has 1 amide bonds. The first-order chi connectivity index (χ1) is 14.2. The van der Waals surface area contributed by atoms with Gasteiger partial charge in [-0.1, -0.05) is 22.0 Å². The van der Waals surface area contributed by atoms with E-state index in [4.69, 9.17) is 4.74 Å². The molecule has 30 heavy (non-hydrogen) atoms. The molecule has 0 atom stereocenters. The molecule has 0 saturated heterocycles. The van der Waals surface area contributed by atoms with E-state index in [-0.39, 0.29) is 28.3 Å². The Morgan fingerprint density at radius 2 is 1.80 bits per heavy atom. The molecule has 1 aromatic heterocycles. The van der Waals surface area contributed by atoms with Gasteiger partial charge in [0.25, 0.3) is 15.9 Å². The second kappa shape index (κ2) is 9.27. The van der Waals surface area contributed by atoms with Gasteiger partial charge in [0.2, 0.25) is 5.88 Å². The molecule has 156 valence electrons. The summed E-state index contributed by atoms with van der Waals surface area (Å²) in [6.07, 6.45) is 1.52. The summed E-state index contributed by atoms with van der Waals surface area (Å²) in [5.41, 5.74) is 0.603. The standard InChI is InChI=1S/C21H20BrN3O4S/c1-14(2)24-20(26)19-7-4-12-23-21(19)29-17-6-3-5-16(13-17)25-30(27,28)18-10-8-15(22)9-11-18/h3-14,25H,1-2H3,(H,24,26). The zero-order chi connectivity index (χ0) is 21.7. The maximum absolute atomic E-state index is 12.6. The van der Waals surface area contributed by atoms with E-state index in [1.807, 2.05) is 13.8 Å². The molecule has 3 aromatic rings. The van der Waals surface area contributed by atoms with E-state index in [2.05, 4.69) is 31.0 Å². The van der Waals surface area contributed by atoms with Gasteiger partial charge in [0.05, 0.1) is 10.6 Å². The Labute approximate surface area is 183 Å². The zero-order valence-corrected chi connectivity index (χ0v) is 18.7. The first-order valence-electron chi connectivity index (χ1n) is 9.07. The van der Waals surface area contributed by atoms with Crippen molar-refractivity contribution in [3.8, 4) is 11.6 Å². The summed E-state index contributed by atoms with van der Waals surface area (Å²) in [6, 6.07) is 15.9. The molecule has 0 bridgehead atoms. The van der Waals surface area contributed by atoms with Crippen molar-refractivity contribution in [2.45, 2.75) is 24.8 Å². The number of sulfonamides is 1. The number of anilines is 1. The van der Waals surface area contributed by atoms with Crippen LogP contribution in [-0.2, 0) is 10.0 Å². The van der Waals surface area contributed by atoms with Crippen molar-refractivity contribution in [1.82, 2.24) is 10.3 Å². The third-order valence-corrected chi connectivity index (χ3v) is 5.79. The minimum atomic E-state index is -3.76. The number of nitrogens with one attached hydrogen (secondary N) is 2. The number of hydrogen-bond acceptors (Lipinski definition) is 5. The molecule has 0 radical (unpaired) electrons. The number of ether oxygens (including phenoxy) is 1. The SMILES string of the molecule is CC(C)NC(=O)c1cccnc1Oc1cccc(NS(=O)(=O)c2ccc(Br)cc2)c1. The van der Waals surface area contributed by atoms with E-state index >= 15 is 0 Å². The van der Waals surface area contributed by atoms with Crippen molar-refractivity contribution in [2.24, 2.45) is 0 Å². The van der Waals surface area contributed by atoms with Crippen LogP contribution >= 0.6 is 15.9 Å². The van der Waals surface area contributed by atoms with E-state index in [1.54, 1.807) is 42.5 Å². The molecule has 0 saturated carbocycles. The van der Waals surface area contributed by atoms with Crippen LogP contribution in [0.1, 0.15) is 24.2 Å². The first-order valence-corrected chi connectivity index (χ1v) is 11.3. The minimum Gasteiger partial charge on any atom is -0.438 e. The Hall–Kier alpha value is -2.91. The lowest BCUT2D eigenvalue weighted by atomic mass is 10.2. The monoisotopic (exact) mass is 489 g/mol. The van der Waals surface area contributed by atoms with E-state index < -0.39 is 10.0 Å². The number of halogens is 1. The van der Waals surface area contributed by atoms with Gasteiger partial charge in [-0.15, -0.1) is 0 Å². The highest BCUT2D eigenvalue weighted by Crippen LogP contribution is 2.27. The molecule has 0 aliphatic carbocycles. The molecule has 0 aliphatic heterocycles. The summed E-state index contributed by atoms with van der Waals surface area (Å²) in [5.74, 6) is 0.159. The van der Waals surface area contributed by atoms with Crippen LogP contribution in [-0.4, -0.2) is 25.4 Å². The van der Waals surface area contributed by atoms with Crippen LogP contribution in [0.5, 0.6) is 11.6 Å². The fraction of sp³-hybridized carbons (Fsp3) is 0.143. The number of carbonyl (C=O) groups excluding carboxylic acids is 1. The lowest BCUT2D eigenvalue weighted by Gasteiger charge is -2.13. The highest BCUT2D eigenvalue weighted by Gasteiger charge is 2.17. The van der Waals surface area contributed by atoms with Crippen molar-refractivity contribution in [3.63, 3.8) is 0 Å². The molecule has 0 unspecified atom stereocenters. The Morgan fingerprint density at radius 3 is 2.50 bits per heavy atom. The molecule has 0 fully saturated rings. The Balaban J connectivity index is 1.82. The zero-order valence-electron chi connectivity index (χ0n) is 16.3. The molecule has 0 spiro atoms. The van der Waals surface area contributed by atoms with Gasteiger partial charge in [0.15, 0.2) is 0 Å². The maximum atomic E-state index is 12.6. The summed E-state index contributed by atoms with van der Waals surface area (Å²) >= 11 is 3.28.